The molecule has 130 valence electrons. The van der Waals surface area contributed by atoms with Gasteiger partial charge in [0.1, 0.15) is 0 Å². The van der Waals surface area contributed by atoms with E-state index in [1.165, 1.54) is 4.90 Å². The zero-order valence-corrected chi connectivity index (χ0v) is 13.8. The molecule has 1 amide bonds. The van der Waals surface area contributed by atoms with E-state index >= 15 is 0 Å². The molecule has 2 aliphatic rings. The first kappa shape index (κ1) is 19.6. The number of amides is 1. The van der Waals surface area contributed by atoms with Gasteiger partial charge in [-0.05, 0) is 50.6 Å². The van der Waals surface area contributed by atoms with Crippen LogP contribution in [0.25, 0.3) is 0 Å². The molecule has 0 bridgehead atoms. The van der Waals surface area contributed by atoms with E-state index in [1.54, 1.807) is 0 Å². The standard InChI is InChI=1S/C15H25F3N2O.ClH/c1-11(12-4-2-6-19-9-12)8-14(21)20-7-3-5-13(10-20)15(16,17)18;/h11-13,19H,2-10H2,1H3;1H. The zero-order chi connectivity index (χ0) is 15.5. The number of nitrogens with one attached hydrogen (secondary N) is 1. The number of piperidine rings is 2. The highest BCUT2D eigenvalue weighted by atomic mass is 35.5. The van der Waals surface area contributed by atoms with Crippen molar-refractivity contribution >= 4 is 18.3 Å². The molecule has 3 atom stereocenters. The van der Waals surface area contributed by atoms with Gasteiger partial charge in [0, 0.05) is 19.5 Å². The third-order valence-electron chi connectivity index (χ3n) is 4.87. The second kappa shape index (κ2) is 8.39. The number of hydrogen-bond acceptors (Lipinski definition) is 2. The normalized spacial score (nSPS) is 27.9. The van der Waals surface area contributed by atoms with Gasteiger partial charge in [0.15, 0.2) is 0 Å². The third-order valence-corrected chi connectivity index (χ3v) is 4.87. The van der Waals surface area contributed by atoms with Crippen molar-refractivity contribution in [1.29, 1.82) is 0 Å². The number of carbonyl (C=O) groups is 1. The molecule has 7 heteroatoms. The minimum Gasteiger partial charge on any atom is -0.342 e. The van der Waals surface area contributed by atoms with Crippen molar-refractivity contribution in [2.45, 2.75) is 45.2 Å². The van der Waals surface area contributed by atoms with E-state index in [1.807, 2.05) is 6.92 Å². The van der Waals surface area contributed by atoms with Gasteiger partial charge in [-0.15, -0.1) is 12.4 Å². The summed E-state index contributed by atoms with van der Waals surface area (Å²) in [6.45, 7) is 4.30. The van der Waals surface area contributed by atoms with Crippen LogP contribution in [0.4, 0.5) is 13.2 Å². The van der Waals surface area contributed by atoms with Crippen LogP contribution in [0.1, 0.15) is 39.0 Å². The summed E-state index contributed by atoms with van der Waals surface area (Å²) in [6.07, 6.45) is -0.991. The first-order valence-electron chi connectivity index (χ1n) is 7.93. The van der Waals surface area contributed by atoms with Gasteiger partial charge in [-0.3, -0.25) is 4.79 Å². The first-order chi connectivity index (χ1) is 9.88. The topological polar surface area (TPSA) is 32.3 Å². The molecule has 0 aliphatic carbocycles. The number of nitrogens with zero attached hydrogens (tertiary/aromatic N) is 1. The Balaban J connectivity index is 0.00000242. The van der Waals surface area contributed by atoms with Gasteiger partial charge in [0.25, 0.3) is 0 Å². The van der Waals surface area contributed by atoms with Crippen molar-refractivity contribution in [2.24, 2.45) is 17.8 Å². The van der Waals surface area contributed by atoms with Gasteiger partial charge in [-0.1, -0.05) is 6.92 Å². The lowest BCUT2D eigenvalue weighted by atomic mass is 9.85. The molecule has 2 aliphatic heterocycles. The van der Waals surface area contributed by atoms with Crippen molar-refractivity contribution in [1.82, 2.24) is 10.2 Å². The SMILES string of the molecule is CC(CC(=O)N1CCCC(C(F)(F)F)C1)C1CCCNC1.Cl. The van der Waals surface area contributed by atoms with Crippen LogP contribution in [0.5, 0.6) is 0 Å². The van der Waals surface area contributed by atoms with Crippen LogP contribution in [0.3, 0.4) is 0 Å². The third kappa shape index (κ3) is 5.30. The minimum atomic E-state index is -4.18. The number of halogens is 4. The molecule has 0 spiro atoms. The smallest absolute Gasteiger partial charge is 0.342 e. The summed E-state index contributed by atoms with van der Waals surface area (Å²) in [5, 5.41) is 3.32. The van der Waals surface area contributed by atoms with Crippen LogP contribution >= 0.6 is 12.4 Å². The van der Waals surface area contributed by atoms with E-state index in [0.29, 0.717) is 25.3 Å². The maximum Gasteiger partial charge on any atom is 0.393 e. The Morgan fingerprint density at radius 3 is 2.64 bits per heavy atom. The van der Waals surface area contributed by atoms with E-state index in [4.69, 9.17) is 0 Å². The highest BCUT2D eigenvalue weighted by molar-refractivity contribution is 5.85. The minimum absolute atomic E-state index is 0. The predicted octanol–water partition coefficient (Wildman–Crippen LogP) is 3.23. The van der Waals surface area contributed by atoms with Gasteiger partial charge in [-0.25, -0.2) is 0 Å². The van der Waals surface area contributed by atoms with Crippen LogP contribution in [-0.2, 0) is 4.79 Å². The highest BCUT2D eigenvalue weighted by Gasteiger charge is 2.42. The summed E-state index contributed by atoms with van der Waals surface area (Å²) in [4.78, 5) is 13.7. The van der Waals surface area contributed by atoms with Crippen molar-refractivity contribution in [3.8, 4) is 0 Å². The lowest BCUT2D eigenvalue weighted by Crippen LogP contribution is -2.45. The van der Waals surface area contributed by atoms with Crippen molar-refractivity contribution in [2.75, 3.05) is 26.2 Å². The van der Waals surface area contributed by atoms with Crippen LogP contribution in [0, 0.1) is 17.8 Å². The molecule has 22 heavy (non-hydrogen) atoms. The summed E-state index contributed by atoms with van der Waals surface area (Å²) < 4.78 is 38.4. The molecule has 0 aromatic rings. The predicted molar refractivity (Wildman–Crippen MR) is 82.0 cm³/mol. The highest BCUT2D eigenvalue weighted by Crippen LogP contribution is 2.33. The molecule has 0 aromatic heterocycles. The van der Waals surface area contributed by atoms with Crippen molar-refractivity contribution in [3.05, 3.63) is 0 Å². The van der Waals surface area contributed by atoms with Gasteiger partial charge < -0.3 is 10.2 Å². The maximum atomic E-state index is 12.8. The van der Waals surface area contributed by atoms with Gasteiger partial charge in [0.05, 0.1) is 5.92 Å². The molecule has 0 radical (unpaired) electrons. The molecule has 0 aromatic carbocycles. The van der Waals surface area contributed by atoms with Crippen LogP contribution < -0.4 is 5.32 Å². The molecule has 3 nitrogen and oxygen atoms in total. The number of alkyl halides is 3. The maximum absolute atomic E-state index is 12.8. The fourth-order valence-corrected chi connectivity index (χ4v) is 3.41. The monoisotopic (exact) mass is 342 g/mol. The van der Waals surface area contributed by atoms with E-state index < -0.39 is 12.1 Å². The largest absolute Gasteiger partial charge is 0.393 e. The molecule has 2 saturated heterocycles. The Bertz CT molecular complexity index is 359. The fraction of sp³-hybridized carbons (Fsp3) is 0.933. The molecule has 3 unspecified atom stereocenters. The average Bonchev–Trinajstić information content (AvgIpc) is 2.47. The van der Waals surface area contributed by atoms with Crippen LogP contribution in [0.2, 0.25) is 0 Å². The van der Waals surface area contributed by atoms with Gasteiger partial charge in [-0.2, -0.15) is 13.2 Å². The second-order valence-electron chi connectivity index (χ2n) is 6.51. The van der Waals surface area contributed by atoms with E-state index in [-0.39, 0.29) is 37.2 Å². The average molecular weight is 343 g/mol. The summed E-state index contributed by atoms with van der Waals surface area (Å²) in [5.41, 5.74) is 0. The van der Waals surface area contributed by atoms with Crippen LogP contribution in [-0.4, -0.2) is 43.2 Å². The molecular weight excluding hydrogens is 317 g/mol. The molecule has 2 fully saturated rings. The van der Waals surface area contributed by atoms with Crippen molar-refractivity contribution in [3.63, 3.8) is 0 Å². The second-order valence-corrected chi connectivity index (χ2v) is 6.51. The summed E-state index contributed by atoms with van der Waals surface area (Å²) in [5.74, 6) is -0.758. The number of rotatable bonds is 3. The number of hydrogen-bond donors (Lipinski definition) is 1. The Labute approximate surface area is 136 Å². The Kier molecular flexibility index (Phi) is 7.46. The first-order valence-corrected chi connectivity index (χ1v) is 7.93. The molecule has 2 rings (SSSR count). The molecule has 0 saturated carbocycles. The Morgan fingerprint density at radius 1 is 1.32 bits per heavy atom. The van der Waals surface area contributed by atoms with Crippen LogP contribution in [0.15, 0.2) is 0 Å². The lowest BCUT2D eigenvalue weighted by Gasteiger charge is -2.35. The Morgan fingerprint density at radius 2 is 2.05 bits per heavy atom. The molecule has 1 N–H and O–H groups in total. The van der Waals surface area contributed by atoms with E-state index in [9.17, 15) is 18.0 Å². The van der Waals surface area contributed by atoms with Crippen molar-refractivity contribution < 1.29 is 18.0 Å². The quantitative estimate of drug-likeness (QED) is 0.854. The summed E-state index contributed by atoms with van der Waals surface area (Å²) in [7, 11) is 0. The zero-order valence-electron chi connectivity index (χ0n) is 13.0. The van der Waals surface area contributed by atoms with E-state index in [0.717, 1.165) is 25.9 Å². The fourth-order valence-electron chi connectivity index (χ4n) is 3.41. The van der Waals surface area contributed by atoms with Gasteiger partial charge in [0.2, 0.25) is 5.91 Å². The van der Waals surface area contributed by atoms with Gasteiger partial charge >= 0.3 is 6.18 Å². The molecule has 2 heterocycles. The lowest BCUT2D eigenvalue weighted by molar-refractivity contribution is -0.188. The summed E-state index contributed by atoms with van der Waals surface area (Å²) >= 11 is 0. The molecular formula is C15H26ClF3N2O. The number of likely N-dealkylation sites (tertiary alicyclic amines) is 1. The number of carbonyl (C=O) groups excluding carboxylic acids is 1. The summed E-state index contributed by atoms with van der Waals surface area (Å²) in [6, 6.07) is 0. The van der Waals surface area contributed by atoms with E-state index in [2.05, 4.69) is 5.32 Å². The Hall–Kier alpha value is -0.490.